The van der Waals surface area contributed by atoms with Gasteiger partial charge in [-0.15, -0.1) is 0 Å². The number of aromatic nitrogens is 2. The van der Waals surface area contributed by atoms with E-state index in [1.54, 1.807) is 6.92 Å². The lowest BCUT2D eigenvalue weighted by molar-refractivity contribution is 0.0956. The molecule has 0 saturated carbocycles. The second-order valence-electron chi connectivity index (χ2n) is 4.46. The summed E-state index contributed by atoms with van der Waals surface area (Å²) in [6.07, 6.45) is 3.50. The lowest BCUT2D eigenvalue weighted by Crippen LogP contribution is -2.47. The average molecular weight is 211 g/mol. The molecule has 4 nitrogen and oxygen atoms in total. The predicted octanol–water partition coefficient (Wildman–Crippen LogP) is 1.15. The summed E-state index contributed by atoms with van der Waals surface area (Å²) < 4.78 is 1.90. The molecule has 0 aliphatic carbocycles. The average Bonchev–Trinajstić information content (AvgIpc) is 2.62. The van der Waals surface area contributed by atoms with E-state index in [4.69, 9.17) is 0 Å². The van der Waals surface area contributed by atoms with Crippen LogP contribution in [0.25, 0.3) is 0 Å². The summed E-state index contributed by atoms with van der Waals surface area (Å²) in [7, 11) is 0. The standard InChI is InChI=1S/C11H21N3O/c1-5-14-8-10(7-13-14)6-12-11(3,4)9(2)15/h7-9,12,15H,5-6H2,1-4H3. The van der Waals surface area contributed by atoms with Crippen LogP contribution in [0.15, 0.2) is 12.4 Å². The van der Waals surface area contributed by atoms with Gasteiger partial charge >= 0.3 is 0 Å². The molecule has 86 valence electrons. The molecular formula is C11H21N3O. The minimum absolute atomic E-state index is 0.270. The molecule has 0 spiro atoms. The second kappa shape index (κ2) is 4.77. The molecule has 0 aromatic carbocycles. The van der Waals surface area contributed by atoms with Crippen molar-refractivity contribution in [2.24, 2.45) is 0 Å². The van der Waals surface area contributed by atoms with E-state index in [-0.39, 0.29) is 11.6 Å². The van der Waals surface area contributed by atoms with Gasteiger partial charge in [0.1, 0.15) is 0 Å². The SMILES string of the molecule is CCn1cc(CNC(C)(C)C(C)O)cn1. The molecule has 1 atom stereocenters. The van der Waals surface area contributed by atoms with Gasteiger partial charge in [0.2, 0.25) is 0 Å². The highest BCUT2D eigenvalue weighted by atomic mass is 16.3. The van der Waals surface area contributed by atoms with Gasteiger partial charge in [0.25, 0.3) is 0 Å². The Morgan fingerprint density at radius 3 is 2.73 bits per heavy atom. The summed E-state index contributed by atoms with van der Waals surface area (Å²) >= 11 is 0. The molecule has 0 bridgehead atoms. The van der Waals surface area contributed by atoms with Gasteiger partial charge in [-0.2, -0.15) is 5.10 Å². The molecular weight excluding hydrogens is 190 g/mol. The molecule has 1 aromatic heterocycles. The molecule has 0 aliphatic heterocycles. The lowest BCUT2D eigenvalue weighted by atomic mass is 9.99. The number of aliphatic hydroxyl groups is 1. The molecule has 0 radical (unpaired) electrons. The Labute approximate surface area is 91.3 Å². The van der Waals surface area contributed by atoms with Crippen LogP contribution in [0, 0.1) is 0 Å². The molecule has 0 aliphatic rings. The van der Waals surface area contributed by atoms with E-state index < -0.39 is 0 Å². The van der Waals surface area contributed by atoms with Gasteiger partial charge in [-0.3, -0.25) is 4.68 Å². The predicted molar refractivity (Wildman–Crippen MR) is 60.5 cm³/mol. The minimum atomic E-state index is -0.376. The van der Waals surface area contributed by atoms with Crippen molar-refractivity contribution in [2.45, 2.75) is 52.4 Å². The topological polar surface area (TPSA) is 50.1 Å². The molecule has 15 heavy (non-hydrogen) atoms. The van der Waals surface area contributed by atoms with E-state index in [9.17, 15) is 5.11 Å². The van der Waals surface area contributed by atoms with Crippen LogP contribution in [0.5, 0.6) is 0 Å². The fraction of sp³-hybridized carbons (Fsp3) is 0.727. The molecule has 0 saturated heterocycles. The normalized spacial score (nSPS) is 14.2. The number of rotatable bonds is 5. The van der Waals surface area contributed by atoms with Gasteiger partial charge in [0.05, 0.1) is 12.3 Å². The van der Waals surface area contributed by atoms with Crippen LogP contribution in [0.3, 0.4) is 0 Å². The zero-order valence-corrected chi connectivity index (χ0v) is 9.99. The maximum Gasteiger partial charge on any atom is 0.0688 e. The number of aryl methyl sites for hydroxylation is 1. The molecule has 0 fully saturated rings. The van der Waals surface area contributed by atoms with Gasteiger partial charge in [-0.1, -0.05) is 0 Å². The number of nitrogens with one attached hydrogen (secondary N) is 1. The van der Waals surface area contributed by atoms with Crippen LogP contribution in [0.4, 0.5) is 0 Å². The maximum absolute atomic E-state index is 9.53. The van der Waals surface area contributed by atoms with Crippen molar-refractivity contribution in [3.05, 3.63) is 18.0 Å². The van der Waals surface area contributed by atoms with E-state index in [1.165, 1.54) is 0 Å². The van der Waals surface area contributed by atoms with Crippen molar-refractivity contribution in [3.8, 4) is 0 Å². The third-order valence-corrected chi connectivity index (χ3v) is 2.80. The van der Waals surface area contributed by atoms with Gasteiger partial charge in [0, 0.05) is 30.4 Å². The third-order valence-electron chi connectivity index (χ3n) is 2.80. The highest BCUT2D eigenvalue weighted by molar-refractivity contribution is 5.04. The van der Waals surface area contributed by atoms with Crippen molar-refractivity contribution in [1.82, 2.24) is 15.1 Å². The third kappa shape index (κ3) is 3.32. The highest BCUT2D eigenvalue weighted by Gasteiger charge is 2.22. The highest BCUT2D eigenvalue weighted by Crippen LogP contribution is 2.09. The first-order chi connectivity index (χ1) is 6.95. The van der Waals surface area contributed by atoms with Crippen LogP contribution >= 0.6 is 0 Å². The van der Waals surface area contributed by atoms with Crippen LogP contribution < -0.4 is 5.32 Å². The zero-order chi connectivity index (χ0) is 11.5. The molecule has 0 amide bonds. The molecule has 4 heteroatoms. The quantitative estimate of drug-likeness (QED) is 0.768. The zero-order valence-electron chi connectivity index (χ0n) is 9.99. The van der Waals surface area contributed by atoms with Crippen molar-refractivity contribution in [1.29, 1.82) is 0 Å². The largest absolute Gasteiger partial charge is 0.392 e. The van der Waals surface area contributed by atoms with Crippen LogP contribution in [-0.2, 0) is 13.1 Å². The van der Waals surface area contributed by atoms with Gasteiger partial charge in [-0.25, -0.2) is 0 Å². The number of aliphatic hydroxyl groups excluding tert-OH is 1. The monoisotopic (exact) mass is 211 g/mol. The summed E-state index contributed by atoms with van der Waals surface area (Å²) in [6.45, 7) is 9.45. The Kier molecular flexibility index (Phi) is 3.88. The van der Waals surface area contributed by atoms with Crippen molar-refractivity contribution in [3.63, 3.8) is 0 Å². The van der Waals surface area contributed by atoms with E-state index in [1.807, 2.05) is 30.9 Å². The summed E-state index contributed by atoms with van der Waals surface area (Å²) in [6, 6.07) is 0. The van der Waals surface area contributed by atoms with Gasteiger partial charge < -0.3 is 10.4 Å². The first-order valence-electron chi connectivity index (χ1n) is 5.40. The van der Waals surface area contributed by atoms with Crippen molar-refractivity contribution in [2.75, 3.05) is 0 Å². The summed E-state index contributed by atoms with van der Waals surface area (Å²) in [5.41, 5.74) is 0.875. The van der Waals surface area contributed by atoms with E-state index in [0.29, 0.717) is 0 Å². The lowest BCUT2D eigenvalue weighted by Gasteiger charge is -2.29. The maximum atomic E-state index is 9.53. The second-order valence-corrected chi connectivity index (χ2v) is 4.46. The number of hydrogen-bond acceptors (Lipinski definition) is 3. The molecule has 1 unspecified atom stereocenters. The minimum Gasteiger partial charge on any atom is -0.392 e. The molecule has 1 rings (SSSR count). The van der Waals surface area contributed by atoms with Crippen LogP contribution in [0.2, 0.25) is 0 Å². The van der Waals surface area contributed by atoms with Crippen LogP contribution in [0.1, 0.15) is 33.3 Å². The summed E-state index contributed by atoms with van der Waals surface area (Å²) in [5.74, 6) is 0. The molecule has 1 aromatic rings. The Hall–Kier alpha value is -0.870. The van der Waals surface area contributed by atoms with Crippen molar-refractivity contribution >= 4 is 0 Å². The van der Waals surface area contributed by atoms with E-state index in [0.717, 1.165) is 18.7 Å². The number of nitrogens with zero attached hydrogens (tertiary/aromatic N) is 2. The molecule has 2 N–H and O–H groups in total. The van der Waals surface area contributed by atoms with Crippen LogP contribution in [-0.4, -0.2) is 26.5 Å². The Balaban J connectivity index is 2.50. The first kappa shape index (κ1) is 12.2. The first-order valence-corrected chi connectivity index (χ1v) is 5.40. The van der Waals surface area contributed by atoms with E-state index in [2.05, 4.69) is 17.3 Å². The summed E-state index contributed by atoms with van der Waals surface area (Å²) in [4.78, 5) is 0. The van der Waals surface area contributed by atoms with E-state index >= 15 is 0 Å². The fourth-order valence-corrected chi connectivity index (χ4v) is 1.15. The summed E-state index contributed by atoms with van der Waals surface area (Å²) in [5, 5.41) is 17.0. The Morgan fingerprint density at radius 1 is 1.60 bits per heavy atom. The van der Waals surface area contributed by atoms with Gasteiger partial charge in [-0.05, 0) is 27.7 Å². The number of hydrogen-bond donors (Lipinski definition) is 2. The Bertz CT molecular complexity index is 305. The molecule has 1 heterocycles. The smallest absolute Gasteiger partial charge is 0.0688 e. The van der Waals surface area contributed by atoms with Crippen molar-refractivity contribution < 1.29 is 5.11 Å². The fourth-order valence-electron chi connectivity index (χ4n) is 1.15. The van der Waals surface area contributed by atoms with Gasteiger partial charge in [0.15, 0.2) is 0 Å². The Morgan fingerprint density at radius 2 is 2.27 bits per heavy atom.